The average molecular weight is 548 g/mol. The maximum atomic E-state index is 13.2. The number of aliphatic hydroxyl groups is 1. The highest BCUT2D eigenvalue weighted by Gasteiger charge is 2.27. The number of carbonyl (C=O) groups excluding carboxylic acids is 1. The second-order valence-electron chi connectivity index (χ2n) is 9.58. The molecule has 0 unspecified atom stereocenters. The lowest BCUT2D eigenvalue weighted by atomic mass is 9.97. The van der Waals surface area contributed by atoms with Crippen molar-refractivity contribution in [1.29, 1.82) is 0 Å². The zero-order chi connectivity index (χ0) is 27.3. The van der Waals surface area contributed by atoms with Gasteiger partial charge in [0.1, 0.15) is 5.82 Å². The Labute approximate surface area is 223 Å². The molecule has 10 heteroatoms. The van der Waals surface area contributed by atoms with Crippen LogP contribution in [0.15, 0.2) is 59.4 Å². The first-order valence-corrected chi connectivity index (χ1v) is 12.9. The monoisotopic (exact) mass is 547 g/mol. The topological polar surface area (TPSA) is 75.4 Å². The van der Waals surface area contributed by atoms with E-state index in [4.69, 9.17) is 11.6 Å². The predicted molar refractivity (Wildman–Crippen MR) is 139 cm³/mol. The van der Waals surface area contributed by atoms with E-state index in [0.717, 1.165) is 12.8 Å². The van der Waals surface area contributed by atoms with Crippen LogP contribution in [0.3, 0.4) is 0 Å². The molecule has 0 spiro atoms. The lowest BCUT2D eigenvalue weighted by molar-refractivity contribution is -0.135. The van der Waals surface area contributed by atoms with E-state index in [9.17, 15) is 27.9 Å². The largest absolute Gasteiger partial charge is 0.396 e. The number of halogens is 4. The van der Waals surface area contributed by atoms with Crippen molar-refractivity contribution in [2.75, 3.05) is 19.7 Å². The van der Waals surface area contributed by atoms with Gasteiger partial charge >= 0.3 is 6.18 Å². The molecule has 1 N–H and O–H groups in total. The number of hydrogen-bond donors (Lipinski definition) is 1. The van der Waals surface area contributed by atoms with Crippen LogP contribution in [0, 0.1) is 5.92 Å². The molecule has 1 amide bonds. The number of hydrogen-bond acceptors (Lipinski definition) is 4. The molecule has 2 aromatic carbocycles. The Morgan fingerprint density at radius 1 is 1.08 bits per heavy atom. The lowest BCUT2D eigenvalue weighted by Crippen LogP contribution is -2.39. The Kier molecular flexibility index (Phi) is 8.89. The van der Waals surface area contributed by atoms with Crippen molar-refractivity contribution in [1.82, 2.24) is 14.5 Å². The minimum Gasteiger partial charge on any atom is -0.396 e. The Morgan fingerprint density at radius 2 is 1.79 bits per heavy atom. The molecule has 1 saturated heterocycles. The molecule has 2 heterocycles. The van der Waals surface area contributed by atoms with E-state index >= 15 is 0 Å². The fourth-order valence-electron chi connectivity index (χ4n) is 4.62. The summed E-state index contributed by atoms with van der Waals surface area (Å²) in [5, 5.41) is 9.86. The summed E-state index contributed by atoms with van der Waals surface area (Å²) in [5.74, 6) is 0.322. The first-order valence-electron chi connectivity index (χ1n) is 12.6. The van der Waals surface area contributed by atoms with Crippen LogP contribution in [-0.2, 0) is 13.0 Å². The van der Waals surface area contributed by atoms with Gasteiger partial charge in [0, 0.05) is 54.8 Å². The molecule has 1 aliphatic heterocycles. The van der Waals surface area contributed by atoms with Crippen LogP contribution < -0.4 is 5.56 Å². The molecular weight excluding hydrogens is 519 g/mol. The molecule has 0 saturated carbocycles. The Hall–Kier alpha value is -3.17. The number of aromatic nitrogens is 2. The summed E-state index contributed by atoms with van der Waals surface area (Å²) in [7, 11) is 0. The maximum absolute atomic E-state index is 13.2. The van der Waals surface area contributed by atoms with Crippen molar-refractivity contribution in [2.45, 2.75) is 44.8 Å². The molecular formula is C28H29ClF3N3O3. The summed E-state index contributed by atoms with van der Waals surface area (Å²) in [4.78, 5) is 32.5. The highest BCUT2D eigenvalue weighted by atomic mass is 35.5. The number of nitrogens with zero attached hydrogens (tertiary/aromatic N) is 3. The van der Waals surface area contributed by atoms with Gasteiger partial charge in [-0.3, -0.25) is 14.2 Å². The van der Waals surface area contributed by atoms with Crippen molar-refractivity contribution in [3.63, 3.8) is 0 Å². The van der Waals surface area contributed by atoms with E-state index in [0.29, 0.717) is 40.5 Å². The van der Waals surface area contributed by atoms with Crippen LogP contribution in [0.4, 0.5) is 13.2 Å². The number of amides is 1. The van der Waals surface area contributed by atoms with Gasteiger partial charge in [-0.05, 0) is 55.0 Å². The summed E-state index contributed by atoms with van der Waals surface area (Å²) in [6, 6.07) is 15.0. The molecule has 38 heavy (non-hydrogen) atoms. The molecule has 4 rings (SSSR count). The molecule has 0 radical (unpaired) electrons. The molecule has 0 bridgehead atoms. The number of piperidine rings is 1. The maximum Gasteiger partial charge on any atom is 0.389 e. The number of aliphatic hydroxyl groups excluding tert-OH is 1. The van der Waals surface area contributed by atoms with Crippen molar-refractivity contribution in [3.8, 4) is 11.3 Å². The highest BCUT2D eigenvalue weighted by molar-refractivity contribution is 6.30. The lowest BCUT2D eigenvalue weighted by Gasteiger charge is -2.31. The van der Waals surface area contributed by atoms with E-state index in [1.54, 1.807) is 53.4 Å². The number of aryl methyl sites for hydroxylation is 1. The molecule has 6 nitrogen and oxygen atoms in total. The third-order valence-electron chi connectivity index (χ3n) is 6.76. The van der Waals surface area contributed by atoms with E-state index in [-0.39, 0.29) is 43.6 Å². The normalized spacial score (nSPS) is 14.6. The van der Waals surface area contributed by atoms with Gasteiger partial charge in [-0.2, -0.15) is 13.2 Å². The molecule has 0 aliphatic carbocycles. The molecule has 1 aliphatic rings. The Morgan fingerprint density at radius 3 is 2.45 bits per heavy atom. The molecule has 1 aromatic heterocycles. The van der Waals surface area contributed by atoms with Crippen LogP contribution in [0.25, 0.3) is 11.3 Å². The number of rotatable bonds is 8. The van der Waals surface area contributed by atoms with E-state index in [2.05, 4.69) is 4.98 Å². The molecule has 0 atom stereocenters. The summed E-state index contributed by atoms with van der Waals surface area (Å²) < 4.78 is 39.9. The van der Waals surface area contributed by atoms with Crippen LogP contribution in [0.5, 0.6) is 0 Å². The van der Waals surface area contributed by atoms with Crippen LogP contribution in [0.2, 0.25) is 5.02 Å². The summed E-state index contributed by atoms with van der Waals surface area (Å²) in [6.45, 7) is 1.31. The van der Waals surface area contributed by atoms with Gasteiger partial charge in [0.25, 0.3) is 11.5 Å². The van der Waals surface area contributed by atoms with Crippen LogP contribution in [-0.4, -0.2) is 51.3 Å². The second-order valence-corrected chi connectivity index (χ2v) is 10.0. The molecule has 202 valence electrons. The van der Waals surface area contributed by atoms with E-state index in [1.165, 1.54) is 10.6 Å². The number of likely N-dealkylation sites (tertiary alicyclic amines) is 1. The zero-order valence-electron chi connectivity index (χ0n) is 20.8. The Balaban J connectivity index is 1.60. The van der Waals surface area contributed by atoms with Crippen LogP contribution in [0.1, 0.15) is 47.4 Å². The number of carbonyl (C=O) groups is 1. The predicted octanol–water partition coefficient (Wildman–Crippen LogP) is 5.34. The molecule has 1 fully saturated rings. The standard InChI is InChI=1S/C28H29ClF3N3O3/c29-23-8-6-21(7-9-23)24-16-26(37)35(25(33-24)5-2-12-28(30,31)32)17-20-3-1-4-22(15-20)27(38)34-13-10-19(18-36)11-14-34/h1,3-4,6-9,15-16,19,36H,2,5,10-14,17-18H2. The summed E-state index contributed by atoms with van der Waals surface area (Å²) in [6.07, 6.45) is -4.05. The molecule has 3 aromatic rings. The van der Waals surface area contributed by atoms with Gasteiger partial charge in [0.15, 0.2) is 0 Å². The van der Waals surface area contributed by atoms with Gasteiger partial charge in [-0.1, -0.05) is 35.9 Å². The summed E-state index contributed by atoms with van der Waals surface area (Å²) >= 11 is 5.96. The third-order valence-corrected chi connectivity index (χ3v) is 7.01. The fourth-order valence-corrected chi connectivity index (χ4v) is 4.74. The second kappa shape index (κ2) is 12.1. The first kappa shape index (κ1) is 27.9. The van der Waals surface area contributed by atoms with Crippen molar-refractivity contribution in [2.24, 2.45) is 5.92 Å². The van der Waals surface area contributed by atoms with Gasteiger partial charge in [-0.15, -0.1) is 0 Å². The zero-order valence-corrected chi connectivity index (χ0v) is 21.5. The van der Waals surface area contributed by atoms with Gasteiger partial charge in [0.2, 0.25) is 0 Å². The van der Waals surface area contributed by atoms with Crippen LogP contribution >= 0.6 is 11.6 Å². The minimum absolute atomic E-state index is 0.0331. The van der Waals surface area contributed by atoms with Crippen molar-refractivity contribution in [3.05, 3.63) is 86.9 Å². The van der Waals surface area contributed by atoms with Gasteiger partial charge in [-0.25, -0.2) is 4.98 Å². The minimum atomic E-state index is -4.31. The first-order chi connectivity index (χ1) is 18.1. The highest BCUT2D eigenvalue weighted by Crippen LogP contribution is 2.24. The van der Waals surface area contributed by atoms with Gasteiger partial charge in [0.05, 0.1) is 12.2 Å². The number of alkyl halides is 3. The quantitative estimate of drug-likeness (QED) is 0.413. The van der Waals surface area contributed by atoms with E-state index < -0.39 is 18.2 Å². The fraction of sp³-hybridized carbons (Fsp3) is 0.393. The van der Waals surface area contributed by atoms with E-state index in [1.807, 2.05) is 0 Å². The SMILES string of the molecule is O=C(c1cccc(Cn2c(CCCC(F)(F)F)nc(-c3ccc(Cl)cc3)cc2=O)c1)N1CCC(CO)CC1. The number of benzene rings is 2. The van der Waals surface area contributed by atoms with Crippen molar-refractivity contribution >= 4 is 17.5 Å². The third kappa shape index (κ3) is 7.23. The van der Waals surface area contributed by atoms with Gasteiger partial charge < -0.3 is 10.0 Å². The summed E-state index contributed by atoms with van der Waals surface area (Å²) in [5.41, 5.74) is 1.74. The van der Waals surface area contributed by atoms with Crippen molar-refractivity contribution < 1.29 is 23.1 Å². The Bertz CT molecular complexity index is 1320. The smallest absolute Gasteiger partial charge is 0.389 e. The average Bonchev–Trinajstić information content (AvgIpc) is 2.90.